The van der Waals surface area contributed by atoms with Crippen LogP contribution in [0.3, 0.4) is 0 Å². The summed E-state index contributed by atoms with van der Waals surface area (Å²) in [6.45, 7) is 0. The second-order valence-corrected chi connectivity index (χ2v) is 106. The Morgan fingerprint density at radius 1 is 0.857 bits per heavy atom. The Labute approximate surface area is 105 Å². The van der Waals surface area contributed by atoms with E-state index in [1.54, 1.807) is 0 Å². The van der Waals surface area contributed by atoms with Gasteiger partial charge in [0.15, 0.2) is 0 Å². The molecule has 0 rings (SSSR count). The summed E-state index contributed by atoms with van der Waals surface area (Å²) in [7, 11) is 2.88. The predicted molar refractivity (Wildman–Crippen MR) is 87.4 cm³/mol. The number of halogens is 5. The molecule has 0 aliphatic heterocycles. The van der Waals surface area contributed by atoms with Gasteiger partial charge in [0, 0.05) is 0 Å². The van der Waals surface area contributed by atoms with Gasteiger partial charge in [0.05, 0.1) is 0 Å². The topological polar surface area (TPSA) is 0 Å². The lowest BCUT2D eigenvalue weighted by molar-refractivity contribution is 5.95. The highest BCUT2D eigenvalue weighted by Crippen LogP contribution is 3.22. The van der Waals surface area contributed by atoms with E-state index in [4.69, 9.17) is 0 Å². The third-order valence-electron chi connectivity index (χ3n) is 0. The van der Waals surface area contributed by atoms with Crippen LogP contribution in [-0.2, 0) is 0 Å². The van der Waals surface area contributed by atoms with E-state index in [2.05, 4.69) is 114 Å². The second kappa shape index (κ2) is 2.46. The lowest BCUT2D eigenvalue weighted by atomic mass is 30.4. The number of hydrogen-bond acceptors (Lipinski definition) is 0. The zero-order valence-corrected chi connectivity index (χ0v) is 15.6. The molecule has 0 fully saturated rings. The zero-order valence-electron chi connectivity index (χ0n) is 2.88. The van der Waals surface area contributed by atoms with Crippen LogP contribution in [-0.4, -0.2) is 0 Å². The second-order valence-electron chi connectivity index (χ2n) is 1.03. The fraction of sp³-hybridized carbons (Fsp3) is 0. The first-order chi connectivity index (χ1) is 2.45. The molecule has 0 heterocycles. The quantitative estimate of drug-likeness (QED) is 0.235. The van der Waals surface area contributed by atoms with Gasteiger partial charge in [-0.1, -0.05) is 2.21 Å². The van der Waals surface area contributed by atoms with Gasteiger partial charge in [0.2, 0.25) is 0 Å². The minimum atomic E-state index is -1.71. The molecule has 7 heavy (non-hydrogen) atoms. The van der Waals surface area contributed by atoms with Crippen LogP contribution in [0.1, 0.15) is 0 Å². The van der Waals surface area contributed by atoms with Crippen molar-refractivity contribution < 1.29 is 0 Å². The van der Waals surface area contributed by atoms with Crippen LogP contribution in [0.25, 0.3) is 0 Å². The van der Waals surface area contributed by atoms with Crippen molar-refractivity contribution in [3.05, 3.63) is 0 Å². The highest BCUT2D eigenvalue weighted by Gasteiger charge is 2.42. The smallest absolute Gasteiger partial charge is 0.00187 e. The summed E-state index contributed by atoms with van der Waals surface area (Å²) < 4.78 is -1.71. The van der Waals surface area contributed by atoms with E-state index in [-0.39, 0.29) is 0 Å². The Morgan fingerprint density at radius 2 is 0.857 bits per heavy atom. The van der Waals surface area contributed by atoms with E-state index in [0.717, 1.165) is 0 Å². The molecule has 7 heteroatoms. The van der Waals surface area contributed by atoms with Crippen LogP contribution in [0.2, 0.25) is 0 Å². The summed E-state index contributed by atoms with van der Waals surface area (Å²) in [4.78, 5) is 0. The fourth-order valence-electron chi connectivity index (χ4n) is 0. The Balaban J connectivity index is 4.43. The van der Waals surface area contributed by atoms with Gasteiger partial charge in [-0.15, -0.1) is 0 Å². The van der Waals surface area contributed by atoms with Crippen LogP contribution >= 0.6 is 108 Å². The lowest BCUT2D eigenvalue weighted by Gasteiger charge is -2.48. The average molecular weight is 700 g/mol. The minimum absolute atomic E-state index is 1.71. The van der Waals surface area contributed by atoms with Crippen molar-refractivity contribution >= 4 is 108 Å². The summed E-state index contributed by atoms with van der Waals surface area (Å²) >= 11 is 12.4. The van der Waals surface area contributed by atoms with Crippen molar-refractivity contribution in [1.29, 1.82) is 0 Å². The molecule has 0 saturated carbocycles. The number of hydrogen-bond donors (Lipinski definition) is 0. The van der Waals surface area contributed by atoms with E-state index in [1.807, 2.05) is 0 Å². The van der Waals surface area contributed by atoms with E-state index in [9.17, 15) is 0 Å². The molecule has 0 aliphatic rings. The van der Waals surface area contributed by atoms with E-state index in [0.29, 0.717) is 0 Å². The van der Waals surface area contributed by atoms with E-state index < -0.39 is -6.23 Å². The van der Waals surface area contributed by atoms with Gasteiger partial charge in [-0.3, -0.25) is 0 Å². The van der Waals surface area contributed by atoms with Gasteiger partial charge in [0.1, 0.15) is 0 Å². The van der Waals surface area contributed by atoms with Crippen LogP contribution in [0.15, 0.2) is 0 Å². The first-order valence-electron chi connectivity index (χ1n) is 1.01. The maximum Gasteiger partial charge on any atom is -0.00187 e. The highest BCUT2D eigenvalue weighted by atomic mass is 127. The molecule has 1 unspecified atom stereocenters. The maximum atomic E-state index is 2.88. The maximum absolute atomic E-state index is 2.88. The normalized spacial score (nSPS) is 23.1. The van der Waals surface area contributed by atoms with Gasteiger partial charge in [-0.25, -0.2) is 0 Å². The zero-order chi connectivity index (χ0) is 6.41. The minimum Gasteiger partial charge on any atom is -0.0666 e. The van der Waals surface area contributed by atoms with Crippen LogP contribution < -0.4 is 0 Å². The van der Waals surface area contributed by atoms with Gasteiger partial charge in [-0.2, -0.15) is 0 Å². The fourth-order valence-corrected chi connectivity index (χ4v) is 0. The van der Waals surface area contributed by atoms with Crippen molar-refractivity contribution in [2.45, 2.75) is 0 Å². The first-order valence-corrected chi connectivity index (χ1v) is 17.6. The van der Waals surface area contributed by atoms with Crippen LogP contribution in [0.5, 0.6) is 0 Å². The molecule has 0 radical (unpaired) electrons. The van der Waals surface area contributed by atoms with Gasteiger partial charge >= 0.3 is 0 Å². The molecule has 0 aromatic rings. The largest absolute Gasteiger partial charge is 0.0666 e. The molecule has 1 atom stereocenters. The molecule has 0 saturated heterocycles. The molecule has 0 N–H and O–H groups in total. The summed E-state index contributed by atoms with van der Waals surface area (Å²) in [6, 6.07) is 0. The molecule has 0 spiro atoms. The molecular weight excluding hydrogens is 698 g/mol. The van der Waals surface area contributed by atoms with Crippen molar-refractivity contribution in [3.63, 3.8) is 0 Å². The molecule has 0 amide bonds. The number of rotatable bonds is 0. The molecule has 0 nitrogen and oxygen atoms in total. The highest BCUT2D eigenvalue weighted by molar-refractivity contribution is 14.7. The third-order valence-corrected chi connectivity index (χ3v) is 0. The Morgan fingerprint density at radius 3 is 0.857 bits per heavy atom. The van der Waals surface area contributed by atoms with Gasteiger partial charge in [-0.05, 0) is 106 Å². The van der Waals surface area contributed by atoms with Crippen LogP contribution in [0.4, 0.5) is 0 Å². The first kappa shape index (κ1) is 11.4. The van der Waals surface area contributed by atoms with E-state index >= 15 is 0 Å². The van der Waals surface area contributed by atoms with Crippen molar-refractivity contribution in [3.8, 4) is 0 Å². The molecular formula is H2I5PS. The van der Waals surface area contributed by atoms with Crippen molar-refractivity contribution in [2.75, 3.05) is 0 Å². The summed E-state index contributed by atoms with van der Waals surface area (Å²) in [5.74, 6) is 0. The summed E-state index contributed by atoms with van der Waals surface area (Å²) in [5, 5.41) is 0. The van der Waals surface area contributed by atoms with Crippen LogP contribution in [0, 0.1) is 0 Å². The molecule has 0 aromatic carbocycles. The lowest BCUT2D eigenvalue weighted by Crippen LogP contribution is -1.68. The Bertz CT molecular complexity index is 66.6. The van der Waals surface area contributed by atoms with Gasteiger partial charge in [0.25, 0.3) is 0 Å². The molecule has 0 bridgehead atoms. The third kappa shape index (κ3) is 37.8. The Hall–Kier alpha value is 4.43. The molecule has 48 valence electrons. The SMILES string of the molecule is PS(I)(I)(I)(I)I. The standard InChI is InChI=1S/H2I5PS/c1-7(2,3,4,5)6/h6H2. The summed E-state index contributed by atoms with van der Waals surface area (Å²) in [6.07, 6.45) is 0. The average Bonchev–Trinajstić information content (AvgIpc) is 0.592. The van der Waals surface area contributed by atoms with Crippen molar-refractivity contribution in [1.82, 2.24) is 0 Å². The molecule has 0 aromatic heterocycles. The monoisotopic (exact) mass is 699 g/mol. The Kier molecular flexibility index (Phi) is 4.01. The molecule has 0 aliphatic carbocycles. The summed E-state index contributed by atoms with van der Waals surface area (Å²) in [5.41, 5.74) is 0. The van der Waals surface area contributed by atoms with Crippen molar-refractivity contribution in [2.24, 2.45) is 0 Å². The predicted octanol–water partition coefficient (Wildman–Crippen LogP) is 5.40. The van der Waals surface area contributed by atoms with E-state index in [1.165, 1.54) is 0 Å². The van der Waals surface area contributed by atoms with Gasteiger partial charge < -0.3 is 0 Å².